The van der Waals surface area contributed by atoms with Crippen LogP contribution in [0.15, 0.2) is 29.4 Å². The van der Waals surface area contributed by atoms with E-state index in [9.17, 15) is 9.59 Å². The highest BCUT2D eigenvalue weighted by Gasteiger charge is 2.22. The molecule has 0 fully saturated rings. The highest BCUT2D eigenvalue weighted by molar-refractivity contribution is 5.96. The van der Waals surface area contributed by atoms with Crippen LogP contribution in [-0.2, 0) is 4.79 Å². The number of unbranched alkanes of at least 4 members (excludes halogenated alkanes) is 4. The molecule has 1 amide bonds. The van der Waals surface area contributed by atoms with Gasteiger partial charge in [-0.15, -0.1) is 5.10 Å². The van der Waals surface area contributed by atoms with Crippen LogP contribution in [-0.4, -0.2) is 17.6 Å². The fourth-order valence-corrected chi connectivity index (χ4v) is 2.63. The maximum Gasteiger partial charge on any atom is 0.240 e. The second-order valence-corrected chi connectivity index (χ2v) is 6.30. The summed E-state index contributed by atoms with van der Waals surface area (Å²) in [6, 6.07) is 7.12. The number of carbonyl (C=O) groups is 2. The van der Waals surface area contributed by atoms with Gasteiger partial charge in [0.15, 0.2) is 5.78 Å². The molecule has 1 atom stereocenters. The number of amides is 1. The predicted molar refractivity (Wildman–Crippen MR) is 94.1 cm³/mol. The summed E-state index contributed by atoms with van der Waals surface area (Å²) in [5.41, 5.74) is 3.13. The minimum Gasteiger partial charge on any atom is -0.441 e. The van der Waals surface area contributed by atoms with Crippen LogP contribution in [0.3, 0.4) is 0 Å². The molecule has 1 heterocycles. The lowest BCUT2D eigenvalue weighted by molar-refractivity contribution is -0.122. The predicted octanol–water partition coefficient (Wildman–Crippen LogP) is 4.08. The second-order valence-electron chi connectivity index (χ2n) is 6.30. The Labute approximate surface area is 143 Å². The van der Waals surface area contributed by atoms with E-state index >= 15 is 0 Å². The van der Waals surface area contributed by atoms with Crippen LogP contribution in [0, 0.1) is 5.92 Å². The van der Waals surface area contributed by atoms with Gasteiger partial charge in [-0.3, -0.25) is 9.59 Å². The van der Waals surface area contributed by atoms with Gasteiger partial charge in [0.1, 0.15) is 5.75 Å². The molecule has 5 nitrogen and oxygen atoms in total. The van der Waals surface area contributed by atoms with Crippen LogP contribution in [0.1, 0.15) is 69.2 Å². The van der Waals surface area contributed by atoms with E-state index in [0.29, 0.717) is 30.1 Å². The number of carbonyl (C=O) groups excluding carboxylic acids is 2. The van der Waals surface area contributed by atoms with E-state index in [1.807, 2.05) is 6.92 Å². The lowest BCUT2D eigenvalue weighted by atomic mass is 10.0. The van der Waals surface area contributed by atoms with Gasteiger partial charge in [0.2, 0.25) is 11.8 Å². The summed E-state index contributed by atoms with van der Waals surface area (Å²) < 4.78 is 5.70. The first-order chi connectivity index (χ1) is 11.6. The van der Waals surface area contributed by atoms with Crippen molar-refractivity contribution in [3.8, 4) is 5.75 Å². The zero-order valence-electron chi connectivity index (χ0n) is 14.5. The van der Waals surface area contributed by atoms with Gasteiger partial charge in [-0.1, -0.05) is 39.5 Å². The molecule has 0 radical (unpaired) electrons. The molecular weight excluding hydrogens is 304 g/mol. The normalized spacial score (nSPS) is 17.2. The molecule has 0 bridgehead atoms. The van der Waals surface area contributed by atoms with Crippen molar-refractivity contribution in [3.05, 3.63) is 29.8 Å². The molecule has 0 aliphatic carbocycles. The number of hydrogen-bond acceptors (Lipinski definition) is 4. The molecule has 130 valence electrons. The average molecular weight is 330 g/mol. The Balaban J connectivity index is 1.84. The standard InChI is InChI=1S/C19H26N2O3/c1-3-4-5-6-7-8-17(22)15-9-11-16(12-10-15)24-19-14(2)13-18(23)20-21-19/h9-12,14H,3-8,13H2,1-2H3,(H,20,23). The van der Waals surface area contributed by atoms with E-state index in [2.05, 4.69) is 17.5 Å². The van der Waals surface area contributed by atoms with Gasteiger partial charge in [0, 0.05) is 24.3 Å². The number of nitrogens with one attached hydrogen (secondary N) is 1. The third-order valence-electron chi connectivity index (χ3n) is 4.11. The number of benzene rings is 1. The molecule has 0 aromatic heterocycles. The number of ketones is 1. The zero-order valence-corrected chi connectivity index (χ0v) is 14.5. The van der Waals surface area contributed by atoms with Crippen LogP contribution >= 0.6 is 0 Å². The third-order valence-corrected chi connectivity index (χ3v) is 4.11. The van der Waals surface area contributed by atoms with Gasteiger partial charge in [-0.05, 0) is 30.7 Å². The largest absolute Gasteiger partial charge is 0.441 e. The van der Waals surface area contributed by atoms with Gasteiger partial charge in [0.25, 0.3) is 0 Å². The van der Waals surface area contributed by atoms with Gasteiger partial charge >= 0.3 is 0 Å². The smallest absolute Gasteiger partial charge is 0.240 e. The van der Waals surface area contributed by atoms with E-state index in [4.69, 9.17) is 4.74 Å². The van der Waals surface area contributed by atoms with Gasteiger partial charge in [-0.25, -0.2) is 5.43 Å². The Bertz CT molecular complexity index is 593. The van der Waals surface area contributed by atoms with Crippen molar-refractivity contribution in [2.24, 2.45) is 11.0 Å². The molecule has 5 heteroatoms. The minimum atomic E-state index is -0.102. The van der Waals surface area contributed by atoms with E-state index in [1.165, 1.54) is 19.3 Å². The Morgan fingerprint density at radius 2 is 1.92 bits per heavy atom. The quantitative estimate of drug-likeness (QED) is 0.577. The minimum absolute atomic E-state index is 0.0526. The van der Waals surface area contributed by atoms with Crippen molar-refractivity contribution in [3.63, 3.8) is 0 Å². The lowest BCUT2D eigenvalue weighted by Gasteiger charge is -2.18. The van der Waals surface area contributed by atoms with E-state index in [0.717, 1.165) is 12.8 Å². The molecule has 1 aromatic carbocycles. The van der Waals surface area contributed by atoms with Gasteiger partial charge < -0.3 is 4.74 Å². The molecule has 1 aliphatic rings. The number of Topliss-reactive ketones (excluding diaryl/α,β-unsaturated/α-hetero) is 1. The van der Waals surface area contributed by atoms with Crippen LogP contribution in [0.25, 0.3) is 0 Å². The first kappa shape index (κ1) is 18.2. The molecule has 1 N–H and O–H groups in total. The molecule has 2 rings (SSSR count). The number of ether oxygens (including phenoxy) is 1. The molecule has 0 saturated heterocycles. The number of hydrazone groups is 1. The lowest BCUT2D eigenvalue weighted by Crippen LogP contribution is -2.34. The summed E-state index contributed by atoms with van der Waals surface area (Å²) in [5.74, 6) is 1.13. The Morgan fingerprint density at radius 3 is 2.58 bits per heavy atom. The van der Waals surface area contributed by atoms with Crippen molar-refractivity contribution in [2.75, 3.05) is 0 Å². The zero-order chi connectivity index (χ0) is 17.4. The Kier molecular flexibility index (Phi) is 6.97. The highest BCUT2D eigenvalue weighted by Crippen LogP contribution is 2.18. The van der Waals surface area contributed by atoms with Gasteiger partial charge in [0.05, 0.1) is 0 Å². The highest BCUT2D eigenvalue weighted by atomic mass is 16.5. The summed E-state index contributed by atoms with van der Waals surface area (Å²) in [4.78, 5) is 23.4. The van der Waals surface area contributed by atoms with Crippen LogP contribution in [0.4, 0.5) is 0 Å². The molecule has 1 aromatic rings. The van der Waals surface area contributed by atoms with Crippen LogP contribution < -0.4 is 10.2 Å². The molecule has 1 aliphatic heterocycles. The Hall–Kier alpha value is -2.17. The second kappa shape index (κ2) is 9.21. The van der Waals surface area contributed by atoms with Crippen molar-refractivity contribution in [1.82, 2.24) is 5.43 Å². The van der Waals surface area contributed by atoms with Crippen molar-refractivity contribution < 1.29 is 14.3 Å². The summed E-state index contributed by atoms with van der Waals surface area (Å²) >= 11 is 0. The maximum atomic E-state index is 12.2. The number of hydrogen-bond donors (Lipinski definition) is 1. The molecule has 0 saturated carbocycles. The summed E-state index contributed by atoms with van der Waals surface area (Å²) in [7, 11) is 0. The number of nitrogens with zero attached hydrogens (tertiary/aromatic N) is 1. The van der Waals surface area contributed by atoms with E-state index in [-0.39, 0.29) is 17.6 Å². The average Bonchev–Trinajstić information content (AvgIpc) is 2.57. The van der Waals surface area contributed by atoms with Crippen LogP contribution in [0.5, 0.6) is 5.75 Å². The van der Waals surface area contributed by atoms with Crippen molar-refractivity contribution >= 4 is 17.6 Å². The summed E-state index contributed by atoms with van der Waals surface area (Å²) in [6.45, 7) is 4.08. The van der Waals surface area contributed by atoms with Crippen molar-refractivity contribution in [1.29, 1.82) is 0 Å². The summed E-state index contributed by atoms with van der Waals surface area (Å²) in [6.07, 6.45) is 6.68. The maximum absolute atomic E-state index is 12.2. The van der Waals surface area contributed by atoms with E-state index in [1.54, 1.807) is 24.3 Å². The first-order valence-corrected chi connectivity index (χ1v) is 8.77. The van der Waals surface area contributed by atoms with Gasteiger partial charge in [-0.2, -0.15) is 0 Å². The molecule has 1 unspecified atom stereocenters. The topological polar surface area (TPSA) is 67.8 Å². The Morgan fingerprint density at radius 1 is 1.21 bits per heavy atom. The summed E-state index contributed by atoms with van der Waals surface area (Å²) in [5, 5.41) is 3.94. The fraction of sp³-hybridized carbons (Fsp3) is 0.526. The third kappa shape index (κ3) is 5.48. The van der Waals surface area contributed by atoms with E-state index < -0.39 is 0 Å². The first-order valence-electron chi connectivity index (χ1n) is 8.77. The molecular formula is C19H26N2O3. The van der Waals surface area contributed by atoms with Crippen molar-refractivity contribution in [2.45, 2.75) is 58.8 Å². The monoisotopic (exact) mass is 330 g/mol. The molecule has 24 heavy (non-hydrogen) atoms. The SMILES string of the molecule is CCCCCCCC(=O)c1ccc(OC2=NNC(=O)CC2C)cc1. The fourth-order valence-electron chi connectivity index (χ4n) is 2.63. The number of rotatable bonds is 8. The molecule has 0 spiro atoms. The van der Waals surface area contributed by atoms with Crippen LogP contribution in [0.2, 0.25) is 0 Å².